The van der Waals surface area contributed by atoms with E-state index in [0.717, 1.165) is 21.9 Å². The van der Waals surface area contributed by atoms with Crippen molar-refractivity contribution in [3.05, 3.63) is 83.9 Å². The predicted molar refractivity (Wildman–Crippen MR) is 155 cm³/mol. The normalized spacial score (nSPS) is 11.8. The summed E-state index contributed by atoms with van der Waals surface area (Å²) in [7, 11) is -1.26. The van der Waals surface area contributed by atoms with Crippen LogP contribution in [0.4, 0.5) is 5.69 Å². The summed E-state index contributed by atoms with van der Waals surface area (Å²) in [6.45, 7) is 5.50. The molecular weight excluding hydrogens is 530 g/mol. The Bertz CT molecular complexity index is 1390. The van der Waals surface area contributed by atoms with Crippen molar-refractivity contribution >= 4 is 27.5 Å². The van der Waals surface area contributed by atoms with Crippen molar-refractivity contribution in [2.45, 2.75) is 44.7 Å². The quantitative estimate of drug-likeness (QED) is 0.333. The van der Waals surface area contributed by atoms with E-state index in [1.165, 1.54) is 37.3 Å². The molecule has 0 radical (unpaired) electrons. The fourth-order valence-corrected chi connectivity index (χ4v) is 5.51. The zero-order valence-electron chi connectivity index (χ0n) is 23.6. The lowest BCUT2D eigenvalue weighted by atomic mass is 10.1. The first-order valence-corrected chi connectivity index (χ1v) is 14.5. The van der Waals surface area contributed by atoms with Gasteiger partial charge in [-0.25, -0.2) is 8.42 Å². The van der Waals surface area contributed by atoms with Crippen molar-refractivity contribution in [2.24, 2.45) is 0 Å². The van der Waals surface area contributed by atoms with E-state index >= 15 is 0 Å². The lowest BCUT2D eigenvalue weighted by Crippen LogP contribution is -2.51. The molecule has 3 rings (SSSR count). The number of hydrogen-bond donors (Lipinski definition) is 1. The summed E-state index contributed by atoms with van der Waals surface area (Å²) in [6.07, 6.45) is 0.743. The van der Waals surface area contributed by atoms with Gasteiger partial charge in [0.1, 0.15) is 12.6 Å². The van der Waals surface area contributed by atoms with Crippen LogP contribution in [0.25, 0.3) is 0 Å². The first-order valence-electron chi connectivity index (χ1n) is 13.0. The van der Waals surface area contributed by atoms with Crippen LogP contribution >= 0.6 is 0 Å². The second kappa shape index (κ2) is 13.8. The van der Waals surface area contributed by atoms with E-state index in [1.54, 1.807) is 31.2 Å². The average Bonchev–Trinajstić information content (AvgIpc) is 2.97. The molecular formula is C30H37N3O6S. The maximum Gasteiger partial charge on any atom is 0.264 e. The Labute approximate surface area is 236 Å². The van der Waals surface area contributed by atoms with Gasteiger partial charge in [0.15, 0.2) is 11.5 Å². The molecule has 0 unspecified atom stereocenters. The smallest absolute Gasteiger partial charge is 0.264 e. The van der Waals surface area contributed by atoms with Gasteiger partial charge in [0, 0.05) is 19.2 Å². The highest BCUT2D eigenvalue weighted by Crippen LogP contribution is 2.34. The molecule has 2 amide bonds. The van der Waals surface area contributed by atoms with Crippen molar-refractivity contribution in [3.8, 4) is 11.5 Å². The van der Waals surface area contributed by atoms with Crippen LogP contribution in [0.15, 0.2) is 77.7 Å². The van der Waals surface area contributed by atoms with E-state index in [1.807, 2.05) is 44.2 Å². The van der Waals surface area contributed by atoms with E-state index in [9.17, 15) is 18.0 Å². The van der Waals surface area contributed by atoms with Gasteiger partial charge in [-0.2, -0.15) is 0 Å². The molecule has 10 heteroatoms. The Morgan fingerprint density at radius 2 is 1.57 bits per heavy atom. The minimum atomic E-state index is -4.19. The minimum Gasteiger partial charge on any atom is -0.493 e. The number of aryl methyl sites for hydroxylation is 1. The summed E-state index contributed by atoms with van der Waals surface area (Å²) >= 11 is 0. The number of carbonyl (C=O) groups excluding carboxylic acids is 2. The summed E-state index contributed by atoms with van der Waals surface area (Å²) in [5.74, 6) is -0.124. The van der Waals surface area contributed by atoms with Gasteiger partial charge >= 0.3 is 0 Å². The van der Waals surface area contributed by atoms with Gasteiger partial charge in [0.25, 0.3) is 10.0 Å². The maximum atomic E-state index is 14.0. The number of nitrogens with zero attached hydrogens (tertiary/aromatic N) is 2. The molecule has 0 saturated heterocycles. The third-order valence-electron chi connectivity index (χ3n) is 6.46. The maximum absolute atomic E-state index is 14.0. The minimum absolute atomic E-state index is 0.0315. The average molecular weight is 568 g/mol. The Kier molecular flexibility index (Phi) is 10.6. The van der Waals surface area contributed by atoms with Crippen LogP contribution in [0.3, 0.4) is 0 Å². The van der Waals surface area contributed by atoms with Crippen LogP contribution in [0.5, 0.6) is 11.5 Å². The molecule has 0 aliphatic rings. The van der Waals surface area contributed by atoms with E-state index in [2.05, 4.69) is 5.32 Å². The number of hydrogen-bond acceptors (Lipinski definition) is 6. The third kappa shape index (κ3) is 7.32. The number of amides is 2. The number of rotatable bonds is 13. The first kappa shape index (κ1) is 30.5. The molecule has 0 heterocycles. The van der Waals surface area contributed by atoms with Crippen LogP contribution in [0.2, 0.25) is 0 Å². The van der Waals surface area contributed by atoms with Gasteiger partial charge in [0.2, 0.25) is 11.8 Å². The van der Waals surface area contributed by atoms with Gasteiger partial charge in [-0.15, -0.1) is 0 Å². The summed E-state index contributed by atoms with van der Waals surface area (Å²) in [6, 6.07) is 19.5. The van der Waals surface area contributed by atoms with Crippen molar-refractivity contribution in [2.75, 3.05) is 31.6 Å². The highest BCUT2D eigenvalue weighted by atomic mass is 32.2. The van der Waals surface area contributed by atoms with Gasteiger partial charge < -0.3 is 19.7 Å². The highest BCUT2D eigenvalue weighted by molar-refractivity contribution is 7.92. The van der Waals surface area contributed by atoms with Crippen LogP contribution in [0.1, 0.15) is 31.4 Å². The van der Waals surface area contributed by atoms with Crippen LogP contribution in [0, 0.1) is 6.92 Å². The molecule has 3 aromatic carbocycles. The summed E-state index contributed by atoms with van der Waals surface area (Å²) in [4.78, 5) is 28.3. The van der Waals surface area contributed by atoms with Gasteiger partial charge in [-0.05, 0) is 50.1 Å². The van der Waals surface area contributed by atoms with Crippen molar-refractivity contribution in [1.29, 1.82) is 0 Å². The molecule has 0 bridgehead atoms. The van der Waals surface area contributed by atoms with E-state index in [-0.39, 0.29) is 23.0 Å². The predicted octanol–water partition coefficient (Wildman–Crippen LogP) is 4.15. The number of carbonyl (C=O) groups is 2. The molecule has 1 N–H and O–H groups in total. The molecule has 40 heavy (non-hydrogen) atoms. The Morgan fingerprint density at radius 1 is 0.925 bits per heavy atom. The zero-order chi connectivity index (χ0) is 29.3. The standard InChI is InChI=1S/C30H37N3O6S/c1-6-18-31-30(35)23(3)32(20-24-10-8-7-9-11-24)29(34)21-33(25-14-17-27(38-4)28(19-25)39-5)40(36,37)26-15-12-22(2)13-16-26/h7-17,19,23H,6,18,20-21H2,1-5H3,(H,31,35)/t23-/m1/s1. The largest absolute Gasteiger partial charge is 0.493 e. The lowest BCUT2D eigenvalue weighted by Gasteiger charge is -2.32. The van der Waals surface area contributed by atoms with Gasteiger partial charge in [0.05, 0.1) is 24.8 Å². The molecule has 0 fully saturated rings. The van der Waals surface area contributed by atoms with Crippen molar-refractivity contribution < 1.29 is 27.5 Å². The van der Waals surface area contributed by atoms with E-state index < -0.39 is 28.5 Å². The number of benzene rings is 3. The molecule has 9 nitrogen and oxygen atoms in total. The topological polar surface area (TPSA) is 105 Å². The number of methoxy groups -OCH3 is 2. The summed E-state index contributed by atoms with van der Waals surface area (Å²) in [5, 5.41) is 2.83. The zero-order valence-corrected chi connectivity index (χ0v) is 24.4. The molecule has 0 saturated carbocycles. The third-order valence-corrected chi connectivity index (χ3v) is 8.24. The lowest BCUT2D eigenvalue weighted by molar-refractivity contribution is -0.139. The molecule has 1 atom stereocenters. The Morgan fingerprint density at radius 3 is 2.17 bits per heavy atom. The number of nitrogens with one attached hydrogen (secondary N) is 1. The molecule has 3 aromatic rings. The molecule has 0 spiro atoms. The fraction of sp³-hybridized carbons (Fsp3) is 0.333. The Balaban J connectivity index is 2.07. The van der Waals surface area contributed by atoms with Crippen LogP contribution < -0.4 is 19.1 Å². The molecule has 214 valence electrons. The van der Waals surface area contributed by atoms with E-state index in [4.69, 9.17) is 9.47 Å². The van der Waals surface area contributed by atoms with Crippen LogP contribution in [-0.2, 0) is 26.2 Å². The fourth-order valence-electron chi connectivity index (χ4n) is 4.10. The SMILES string of the molecule is CCCNC(=O)[C@@H](C)N(Cc1ccccc1)C(=O)CN(c1ccc(OC)c(OC)c1)S(=O)(=O)c1ccc(C)cc1. The van der Waals surface area contributed by atoms with Crippen molar-refractivity contribution in [1.82, 2.24) is 10.2 Å². The Hall–Kier alpha value is -4.05. The second-order valence-corrected chi connectivity index (χ2v) is 11.2. The summed E-state index contributed by atoms with van der Waals surface area (Å²) in [5.41, 5.74) is 1.92. The van der Waals surface area contributed by atoms with E-state index in [0.29, 0.717) is 18.0 Å². The molecule has 0 aromatic heterocycles. The molecule has 0 aliphatic heterocycles. The number of anilines is 1. The van der Waals surface area contributed by atoms with Gasteiger partial charge in [-0.1, -0.05) is 55.0 Å². The number of sulfonamides is 1. The molecule has 0 aliphatic carbocycles. The summed E-state index contributed by atoms with van der Waals surface area (Å²) < 4.78 is 39.7. The van der Waals surface area contributed by atoms with Crippen molar-refractivity contribution in [3.63, 3.8) is 0 Å². The van der Waals surface area contributed by atoms with Gasteiger partial charge in [-0.3, -0.25) is 13.9 Å². The first-order chi connectivity index (χ1) is 19.1. The highest BCUT2D eigenvalue weighted by Gasteiger charge is 2.33. The monoisotopic (exact) mass is 567 g/mol. The second-order valence-electron chi connectivity index (χ2n) is 9.34. The number of ether oxygens (including phenoxy) is 2. The van der Waals surface area contributed by atoms with Crippen LogP contribution in [-0.4, -0.2) is 58.5 Å².